The average molecular weight is 320 g/mol. The first-order valence-corrected chi connectivity index (χ1v) is 7.94. The minimum Gasteiger partial charge on any atom is -0.323 e. The number of hydrogen-bond donors (Lipinski definition) is 2. The van der Waals surface area contributed by atoms with E-state index in [0.717, 1.165) is 18.4 Å². The highest BCUT2D eigenvalue weighted by molar-refractivity contribution is 7.87. The first-order chi connectivity index (χ1) is 8.99. The number of rotatable bonds is 7. The largest absolute Gasteiger partial charge is 0.323 e. The van der Waals surface area contributed by atoms with E-state index in [0.29, 0.717) is 12.5 Å². The van der Waals surface area contributed by atoms with Gasteiger partial charge in [-0.05, 0) is 24.3 Å². The molecule has 0 radical (unpaired) electrons. The summed E-state index contributed by atoms with van der Waals surface area (Å²) in [5.74, 6) is 0.532. The van der Waals surface area contributed by atoms with E-state index in [1.54, 1.807) is 7.05 Å². The molecule has 0 spiro atoms. The van der Waals surface area contributed by atoms with Crippen LogP contribution in [0.15, 0.2) is 30.3 Å². The molecule has 1 unspecified atom stereocenters. The number of nitrogens with one attached hydrogen (secondary N) is 1. The van der Waals surface area contributed by atoms with Crippen LogP contribution in [0.3, 0.4) is 0 Å². The molecule has 0 heterocycles. The highest BCUT2D eigenvalue weighted by Crippen LogP contribution is 2.29. The molecule has 2 rings (SSSR count). The van der Waals surface area contributed by atoms with Crippen molar-refractivity contribution in [3.63, 3.8) is 0 Å². The van der Waals surface area contributed by atoms with Gasteiger partial charge in [0, 0.05) is 26.2 Å². The zero-order valence-corrected chi connectivity index (χ0v) is 13.2. The van der Waals surface area contributed by atoms with Crippen LogP contribution >= 0.6 is 12.4 Å². The Morgan fingerprint density at radius 2 is 1.95 bits per heavy atom. The first kappa shape index (κ1) is 17.4. The highest BCUT2D eigenvalue weighted by atomic mass is 35.5. The van der Waals surface area contributed by atoms with Gasteiger partial charge in [-0.15, -0.1) is 12.4 Å². The molecule has 0 saturated heterocycles. The molecule has 3 N–H and O–H groups in total. The second-order valence-electron chi connectivity index (χ2n) is 5.09. The summed E-state index contributed by atoms with van der Waals surface area (Å²) in [5.41, 5.74) is 6.90. The van der Waals surface area contributed by atoms with Crippen molar-refractivity contribution in [3.8, 4) is 0 Å². The SMILES string of the molecule is CN(CC1CC1)S(=O)(=O)NCC(N)c1ccccc1.Cl. The lowest BCUT2D eigenvalue weighted by atomic mass is 10.1. The maximum Gasteiger partial charge on any atom is 0.279 e. The second kappa shape index (κ2) is 7.38. The Morgan fingerprint density at radius 1 is 1.35 bits per heavy atom. The molecule has 1 fully saturated rings. The van der Waals surface area contributed by atoms with E-state index in [9.17, 15) is 8.42 Å². The summed E-state index contributed by atoms with van der Waals surface area (Å²) in [6.07, 6.45) is 2.26. The summed E-state index contributed by atoms with van der Waals surface area (Å²) in [7, 11) is -1.81. The Morgan fingerprint density at radius 3 is 2.50 bits per heavy atom. The molecule has 1 saturated carbocycles. The molecule has 0 aromatic heterocycles. The Balaban J connectivity index is 0.00000200. The van der Waals surface area contributed by atoms with Gasteiger partial charge < -0.3 is 5.73 Å². The normalized spacial score (nSPS) is 16.8. The Hall–Kier alpha value is -0.660. The molecule has 1 aliphatic carbocycles. The number of halogens is 1. The minimum absolute atomic E-state index is 0. The molecule has 5 nitrogen and oxygen atoms in total. The molecular formula is C13H22ClN3O2S. The van der Waals surface area contributed by atoms with Crippen molar-refractivity contribution >= 4 is 22.6 Å². The van der Waals surface area contributed by atoms with E-state index in [1.807, 2.05) is 30.3 Å². The zero-order valence-electron chi connectivity index (χ0n) is 11.5. The van der Waals surface area contributed by atoms with Gasteiger partial charge >= 0.3 is 0 Å². The van der Waals surface area contributed by atoms with Crippen molar-refractivity contribution in [2.45, 2.75) is 18.9 Å². The highest BCUT2D eigenvalue weighted by Gasteiger charge is 2.28. The fourth-order valence-corrected chi connectivity index (χ4v) is 2.90. The predicted molar refractivity (Wildman–Crippen MR) is 82.9 cm³/mol. The Kier molecular flexibility index (Phi) is 6.42. The van der Waals surface area contributed by atoms with Gasteiger partial charge in [-0.25, -0.2) is 4.72 Å². The average Bonchev–Trinajstić information content (AvgIpc) is 3.21. The summed E-state index contributed by atoms with van der Waals surface area (Å²) < 4.78 is 27.9. The van der Waals surface area contributed by atoms with Gasteiger partial charge in [0.25, 0.3) is 10.2 Å². The summed E-state index contributed by atoms with van der Waals surface area (Å²) in [5, 5.41) is 0. The maximum atomic E-state index is 12.0. The minimum atomic E-state index is -3.42. The summed E-state index contributed by atoms with van der Waals surface area (Å²) >= 11 is 0. The molecule has 1 aliphatic rings. The number of nitrogens with zero attached hydrogens (tertiary/aromatic N) is 1. The first-order valence-electron chi connectivity index (χ1n) is 6.50. The van der Waals surface area contributed by atoms with Gasteiger partial charge in [-0.2, -0.15) is 12.7 Å². The van der Waals surface area contributed by atoms with Gasteiger partial charge in [-0.1, -0.05) is 30.3 Å². The van der Waals surface area contributed by atoms with E-state index in [1.165, 1.54) is 4.31 Å². The topological polar surface area (TPSA) is 75.4 Å². The number of benzene rings is 1. The molecule has 1 aromatic carbocycles. The maximum absolute atomic E-state index is 12.0. The quantitative estimate of drug-likeness (QED) is 0.795. The standard InChI is InChI=1S/C13H21N3O2S.ClH/c1-16(10-11-7-8-11)19(17,18)15-9-13(14)12-5-3-2-4-6-12;/h2-6,11,13,15H,7-10,14H2,1H3;1H. The number of nitrogens with two attached hydrogens (primary N) is 1. The van der Waals surface area contributed by atoms with Crippen LogP contribution in [-0.4, -0.2) is 32.9 Å². The van der Waals surface area contributed by atoms with Crippen LogP contribution in [0.5, 0.6) is 0 Å². The molecule has 0 aliphatic heterocycles. The van der Waals surface area contributed by atoms with E-state index >= 15 is 0 Å². The smallest absolute Gasteiger partial charge is 0.279 e. The van der Waals surface area contributed by atoms with Crippen LogP contribution in [0.1, 0.15) is 24.4 Å². The molecule has 114 valence electrons. The van der Waals surface area contributed by atoms with E-state index in [2.05, 4.69) is 4.72 Å². The van der Waals surface area contributed by atoms with E-state index < -0.39 is 10.2 Å². The summed E-state index contributed by atoms with van der Waals surface area (Å²) in [4.78, 5) is 0. The third-order valence-corrected chi connectivity index (χ3v) is 4.84. The van der Waals surface area contributed by atoms with Crippen molar-refractivity contribution in [3.05, 3.63) is 35.9 Å². The summed E-state index contributed by atoms with van der Waals surface area (Å²) in [6, 6.07) is 9.15. The van der Waals surface area contributed by atoms with Crippen molar-refractivity contribution in [2.24, 2.45) is 11.7 Å². The van der Waals surface area contributed by atoms with E-state index in [4.69, 9.17) is 5.73 Å². The van der Waals surface area contributed by atoms with Crippen LogP contribution < -0.4 is 10.5 Å². The van der Waals surface area contributed by atoms with E-state index in [-0.39, 0.29) is 25.0 Å². The van der Waals surface area contributed by atoms with Crippen molar-refractivity contribution < 1.29 is 8.42 Å². The molecular weight excluding hydrogens is 298 g/mol. The molecule has 1 atom stereocenters. The van der Waals surface area contributed by atoms with Gasteiger partial charge in [0.2, 0.25) is 0 Å². The lowest BCUT2D eigenvalue weighted by molar-refractivity contribution is 0.440. The third-order valence-electron chi connectivity index (χ3n) is 3.34. The third kappa shape index (κ3) is 5.03. The van der Waals surface area contributed by atoms with Crippen LogP contribution in [0.25, 0.3) is 0 Å². The fourth-order valence-electron chi connectivity index (χ4n) is 1.89. The van der Waals surface area contributed by atoms with Gasteiger partial charge in [0.05, 0.1) is 0 Å². The van der Waals surface area contributed by atoms with Crippen molar-refractivity contribution in [1.29, 1.82) is 0 Å². The molecule has 20 heavy (non-hydrogen) atoms. The lowest BCUT2D eigenvalue weighted by Crippen LogP contribution is -2.42. The monoisotopic (exact) mass is 319 g/mol. The van der Waals surface area contributed by atoms with Crippen LogP contribution in [0, 0.1) is 5.92 Å². The van der Waals surface area contributed by atoms with Gasteiger partial charge in [0.1, 0.15) is 0 Å². The lowest BCUT2D eigenvalue weighted by Gasteiger charge is -2.19. The Bertz CT molecular complexity index is 506. The predicted octanol–water partition coefficient (Wildman–Crippen LogP) is 1.28. The molecule has 1 aromatic rings. The molecule has 0 bridgehead atoms. The molecule has 7 heteroatoms. The van der Waals surface area contributed by atoms with Crippen molar-refractivity contribution in [1.82, 2.24) is 9.03 Å². The summed E-state index contributed by atoms with van der Waals surface area (Å²) in [6.45, 7) is 0.803. The second-order valence-corrected chi connectivity index (χ2v) is 6.96. The van der Waals surface area contributed by atoms with Crippen LogP contribution in [-0.2, 0) is 10.2 Å². The molecule has 0 amide bonds. The Labute approximate surface area is 127 Å². The van der Waals surface area contributed by atoms with Crippen LogP contribution in [0.2, 0.25) is 0 Å². The fraction of sp³-hybridized carbons (Fsp3) is 0.538. The number of hydrogen-bond acceptors (Lipinski definition) is 3. The van der Waals surface area contributed by atoms with Gasteiger partial charge in [0.15, 0.2) is 0 Å². The van der Waals surface area contributed by atoms with Gasteiger partial charge in [-0.3, -0.25) is 0 Å². The van der Waals surface area contributed by atoms with Crippen LogP contribution in [0.4, 0.5) is 0 Å². The van der Waals surface area contributed by atoms with Crippen molar-refractivity contribution in [2.75, 3.05) is 20.1 Å². The zero-order chi connectivity index (χ0) is 13.9.